The molecule has 0 unspecified atom stereocenters. The number of aromatic nitrogens is 2. The molecule has 0 saturated carbocycles. The molecule has 2 aliphatic heterocycles. The third kappa shape index (κ3) is 5.99. The Morgan fingerprint density at radius 3 is 2.50 bits per heavy atom. The third-order valence-corrected chi connectivity index (χ3v) is 5.93. The number of benzene rings is 2. The zero-order valence-electron chi connectivity index (χ0n) is 19.2. The zero-order valence-corrected chi connectivity index (χ0v) is 19.2. The molecule has 0 spiro atoms. The normalized spacial score (nSPS) is 17.4. The van der Waals surface area contributed by atoms with E-state index in [0.717, 1.165) is 62.8 Å². The first kappa shape index (κ1) is 22.5. The molecule has 0 radical (unpaired) electrons. The molecule has 0 amide bonds. The monoisotopic (exact) mass is 462 g/mol. The Balaban J connectivity index is 1.28. The van der Waals surface area contributed by atoms with Crippen molar-refractivity contribution in [3.63, 3.8) is 0 Å². The largest absolute Gasteiger partial charge is 0.476 e. The second kappa shape index (κ2) is 11.2. The number of nitrogens with one attached hydrogen (secondary N) is 1. The van der Waals surface area contributed by atoms with Crippen LogP contribution >= 0.6 is 0 Å². The van der Waals surface area contributed by atoms with Crippen LogP contribution in [0.2, 0.25) is 0 Å². The van der Waals surface area contributed by atoms with Crippen molar-refractivity contribution in [2.24, 2.45) is 5.10 Å². The lowest BCUT2D eigenvalue weighted by molar-refractivity contribution is 0.0320. The van der Waals surface area contributed by atoms with Crippen LogP contribution in [0.25, 0.3) is 10.8 Å². The Morgan fingerprint density at radius 1 is 0.912 bits per heavy atom. The van der Waals surface area contributed by atoms with Gasteiger partial charge in [-0.3, -0.25) is 10.3 Å². The Morgan fingerprint density at radius 2 is 1.68 bits per heavy atom. The molecule has 3 heterocycles. The van der Waals surface area contributed by atoms with Crippen LogP contribution in [-0.2, 0) is 9.47 Å². The number of morpholine rings is 2. The Hall–Kier alpha value is -3.27. The van der Waals surface area contributed by atoms with Crippen LogP contribution in [0.5, 0.6) is 5.88 Å². The maximum atomic E-state index is 6.02. The lowest BCUT2D eigenvalue weighted by atomic mass is 10.1. The molecule has 1 N–H and O–H groups in total. The predicted octanol–water partition coefficient (Wildman–Crippen LogP) is 2.62. The smallest absolute Gasteiger partial charge is 0.219 e. The summed E-state index contributed by atoms with van der Waals surface area (Å²) in [6.45, 7) is 7.77. The SMILES string of the molecule is C(=NNc1ccc2ccccc2c1)c1nc(OCCN2CCOCC2)cc(N2CCOCC2)n1. The molecule has 2 aliphatic rings. The van der Waals surface area contributed by atoms with E-state index in [1.54, 1.807) is 6.21 Å². The fourth-order valence-corrected chi connectivity index (χ4v) is 4.04. The number of rotatable bonds is 8. The predicted molar refractivity (Wildman–Crippen MR) is 133 cm³/mol. The van der Waals surface area contributed by atoms with Gasteiger partial charge in [0.2, 0.25) is 5.88 Å². The first-order valence-corrected chi connectivity index (χ1v) is 11.8. The number of nitrogens with zero attached hydrogens (tertiary/aromatic N) is 5. The van der Waals surface area contributed by atoms with Gasteiger partial charge in [-0.25, -0.2) is 4.98 Å². The number of hydrogen-bond acceptors (Lipinski definition) is 9. The molecule has 1 aromatic heterocycles. The molecular weight excluding hydrogens is 432 g/mol. The minimum atomic E-state index is 0.499. The maximum Gasteiger partial charge on any atom is 0.219 e. The first-order valence-electron chi connectivity index (χ1n) is 11.8. The van der Waals surface area contributed by atoms with Crippen LogP contribution in [0.15, 0.2) is 53.6 Å². The molecule has 0 aliphatic carbocycles. The summed E-state index contributed by atoms with van der Waals surface area (Å²) in [5.74, 6) is 1.88. The van der Waals surface area contributed by atoms with E-state index in [1.807, 2.05) is 24.3 Å². The molecule has 9 heteroatoms. The molecule has 5 rings (SSSR count). The summed E-state index contributed by atoms with van der Waals surface area (Å²) in [7, 11) is 0. The summed E-state index contributed by atoms with van der Waals surface area (Å²) < 4.78 is 16.9. The quantitative estimate of drug-likeness (QED) is 0.404. The minimum absolute atomic E-state index is 0.499. The summed E-state index contributed by atoms with van der Waals surface area (Å²) in [4.78, 5) is 13.8. The van der Waals surface area contributed by atoms with E-state index < -0.39 is 0 Å². The van der Waals surface area contributed by atoms with Crippen LogP contribution in [0.3, 0.4) is 0 Å². The van der Waals surface area contributed by atoms with Crippen molar-refractivity contribution in [1.29, 1.82) is 0 Å². The minimum Gasteiger partial charge on any atom is -0.476 e. The fraction of sp³-hybridized carbons (Fsp3) is 0.400. The van der Waals surface area contributed by atoms with E-state index in [9.17, 15) is 0 Å². The Bertz CT molecular complexity index is 1110. The topological polar surface area (TPSA) is 84.3 Å². The highest BCUT2D eigenvalue weighted by atomic mass is 16.5. The van der Waals surface area contributed by atoms with Crippen molar-refractivity contribution in [2.45, 2.75) is 0 Å². The number of anilines is 2. The summed E-state index contributed by atoms with van der Waals surface area (Å²) in [6, 6.07) is 16.3. The Kier molecular flexibility index (Phi) is 7.44. The van der Waals surface area contributed by atoms with Gasteiger partial charge in [0, 0.05) is 38.8 Å². The molecule has 3 aromatic rings. The average Bonchev–Trinajstić information content (AvgIpc) is 2.90. The summed E-state index contributed by atoms with van der Waals surface area (Å²) in [5, 5.41) is 6.73. The van der Waals surface area contributed by atoms with Crippen molar-refractivity contribution < 1.29 is 14.2 Å². The van der Waals surface area contributed by atoms with E-state index in [-0.39, 0.29) is 0 Å². The van der Waals surface area contributed by atoms with E-state index in [1.165, 1.54) is 5.39 Å². The lowest BCUT2D eigenvalue weighted by Gasteiger charge is -2.28. The third-order valence-electron chi connectivity index (χ3n) is 5.93. The summed E-state index contributed by atoms with van der Waals surface area (Å²) in [5.41, 5.74) is 3.99. The molecule has 2 fully saturated rings. The number of ether oxygens (including phenoxy) is 3. The van der Waals surface area contributed by atoms with Crippen molar-refractivity contribution in [3.8, 4) is 5.88 Å². The lowest BCUT2D eigenvalue weighted by Crippen LogP contribution is -2.38. The van der Waals surface area contributed by atoms with Gasteiger partial charge in [-0.1, -0.05) is 30.3 Å². The van der Waals surface area contributed by atoms with Crippen molar-refractivity contribution in [1.82, 2.24) is 14.9 Å². The molecule has 0 bridgehead atoms. The summed E-state index contributed by atoms with van der Waals surface area (Å²) in [6.07, 6.45) is 1.63. The highest BCUT2D eigenvalue weighted by Crippen LogP contribution is 2.20. The van der Waals surface area contributed by atoms with Crippen LogP contribution in [0.4, 0.5) is 11.5 Å². The molecule has 34 heavy (non-hydrogen) atoms. The zero-order chi connectivity index (χ0) is 23.0. The standard InChI is InChI=1S/C25H30N6O3/c1-2-4-21-17-22(6-5-20(21)3-1)29-26-19-23-27-24(31-10-14-33-15-11-31)18-25(28-23)34-16-9-30-7-12-32-13-8-30/h1-6,17-19,29H,7-16H2. The van der Waals surface area contributed by atoms with Gasteiger partial charge in [0.25, 0.3) is 0 Å². The fourth-order valence-electron chi connectivity index (χ4n) is 4.04. The second-order valence-corrected chi connectivity index (χ2v) is 8.26. The number of fused-ring (bicyclic) bond motifs is 1. The van der Waals surface area contributed by atoms with E-state index in [0.29, 0.717) is 31.5 Å². The molecule has 9 nitrogen and oxygen atoms in total. The van der Waals surface area contributed by atoms with Gasteiger partial charge in [0.15, 0.2) is 5.82 Å². The van der Waals surface area contributed by atoms with Gasteiger partial charge in [0.05, 0.1) is 38.3 Å². The molecule has 0 atom stereocenters. The highest BCUT2D eigenvalue weighted by molar-refractivity contribution is 5.86. The van der Waals surface area contributed by atoms with Crippen LogP contribution < -0.4 is 15.1 Å². The average molecular weight is 463 g/mol. The van der Waals surface area contributed by atoms with E-state index in [2.05, 4.69) is 49.6 Å². The first-order chi connectivity index (χ1) is 16.8. The van der Waals surface area contributed by atoms with Crippen LogP contribution in [0, 0.1) is 0 Å². The van der Waals surface area contributed by atoms with Crippen molar-refractivity contribution in [2.75, 3.05) is 76.1 Å². The van der Waals surface area contributed by atoms with Crippen molar-refractivity contribution >= 4 is 28.5 Å². The molecular formula is C25H30N6O3. The summed E-state index contributed by atoms with van der Waals surface area (Å²) >= 11 is 0. The maximum absolute atomic E-state index is 6.02. The van der Waals surface area contributed by atoms with Gasteiger partial charge in [0.1, 0.15) is 12.4 Å². The highest BCUT2D eigenvalue weighted by Gasteiger charge is 2.16. The van der Waals surface area contributed by atoms with Gasteiger partial charge in [-0.15, -0.1) is 0 Å². The van der Waals surface area contributed by atoms with E-state index in [4.69, 9.17) is 19.2 Å². The van der Waals surface area contributed by atoms with Gasteiger partial charge in [-0.05, 0) is 22.9 Å². The second-order valence-electron chi connectivity index (χ2n) is 8.26. The van der Waals surface area contributed by atoms with Crippen LogP contribution in [-0.4, -0.2) is 86.8 Å². The van der Waals surface area contributed by atoms with Gasteiger partial charge < -0.3 is 19.1 Å². The van der Waals surface area contributed by atoms with Crippen LogP contribution in [0.1, 0.15) is 5.82 Å². The van der Waals surface area contributed by atoms with Crippen molar-refractivity contribution in [3.05, 3.63) is 54.4 Å². The van der Waals surface area contributed by atoms with Gasteiger partial charge in [-0.2, -0.15) is 10.1 Å². The number of hydrazone groups is 1. The van der Waals surface area contributed by atoms with E-state index >= 15 is 0 Å². The number of hydrogen-bond donors (Lipinski definition) is 1. The molecule has 178 valence electrons. The molecule has 2 aromatic carbocycles. The molecule has 2 saturated heterocycles. The van der Waals surface area contributed by atoms with Gasteiger partial charge >= 0.3 is 0 Å². The Labute approximate surface area is 199 Å².